The Bertz CT molecular complexity index is 454. The maximum atomic E-state index is 12.1. The highest BCUT2D eigenvalue weighted by atomic mass is 32.2. The molecule has 0 saturated carbocycles. The molecule has 1 N–H and O–H groups in total. The van der Waals surface area contributed by atoms with E-state index in [1.807, 2.05) is 36.0 Å². The number of carbonyl (C=O) groups excluding carboxylic acids is 1. The van der Waals surface area contributed by atoms with Crippen molar-refractivity contribution in [1.82, 2.24) is 5.32 Å². The number of hydrogen-bond donors (Lipinski definition) is 1. The molecule has 0 radical (unpaired) electrons. The highest BCUT2D eigenvalue weighted by molar-refractivity contribution is 8.00. The Balaban J connectivity index is 1.82. The van der Waals surface area contributed by atoms with Crippen LogP contribution in [-0.4, -0.2) is 29.6 Å². The van der Waals surface area contributed by atoms with Crippen LogP contribution >= 0.6 is 11.8 Å². The third-order valence-corrected chi connectivity index (χ3v) is 4.23. The van der Waals surface area contributed by atoms with Gasteiger partial charge in [0, 0.05) is 22.6 Å². The Morgan fingerprint density at radius 2 is 2.16 bits per heavy atom. The predicted octanol–water partition coefficient (Wildman–Crippen LogP) is 2.81. The SMILES string of the molecule is CC(C)(C)SCCNC(=O)[C@@H]1COc2ccccc21. The van der Waals surface area contributed by atoms with Gasteiger partial charge in [0.15, 0.2) is 0 Å². The zero-order valence-electron chi connectivity index (χ0n) is 11.7. The molecule has 1 aromatic rings. The van der Waals surface area contributed by atoms with E-state index in [4.69, 9.17) is 4.74 Å². The van der Waals surface area contributed by atoms with Crippen LogP contribution in [0.25, 0.3) is 0 Å². The number of carbonyl (C=O) groups is 1. The zero-order valence-corrected chi connectivity index (χ0v) is 12.5. The molecule has 1 atom stereocenters. The summed E-state index contributed by atoms with van der Waals surface area (Å²) in [6.45, 7) is 7.71. The van der Waals surface area contributed by atoms with Gasteiger partial charge in [0.2, 0.25) is 5.91 Å². The fraction of sp³-hybridized carbons (Fsp3) is 0.533. The Kier molecular flexibility index (Phi) is 4.40. The summed E-state index contributed by atoms with van der Waals surface area (Å²) < 4.78 is 5.77. The molecule has 1 aromatic carbocycles. The van der Waals surface area contributed by atoms with Gasteiger partial charge in [-0.15, -0.1) is 0 Å². The van der Waals surface area contributed by atoms with E-state index < -0.39 is 0 Å². The molecule has 104 valence electrons. The summed E-state index contributed by atoms with van der Waals surface area (Å²) in [7, 11) is 0. The zero-order chi connectivity index (χ0) is 13.9. The van der Waals surface area contributed by atoms with Crippen LogP contribution in [0.5, 0.6) is 5.75 Å². The molecule has 2 rings (SSSR count). The van der Waals surface area contributed by atoms with E-state index in [9.17, 15) is 4.79 Å². The summed E-state index contributed by atoms with van der Waals surface area (Å²) in [5, 5.41) is 3.00. The minimum Gasteiger partial charge on any atom is -0.492 e. The van der Waals surface area contributed by atoms with Crippen molar-refractivity contribution < 1.29 is 9.53 Å². The standard InChI is InChI=1S/C15H21NO2S/c1-15(2,3)19-9-8-16-14(17)12-10-18-13-7-5-4-6-11(12)13/h4-7,12H,8-10H2,1-3H3,(H,16,17)/t12-/m1/s1. The summed E-state index contributed by atoms with van der Waals surface area (Å²) in [6, 6.07) is 7.76. The highest BCUT2D eigenvalue weighted by Gasteiger charge is 2.29. The van der Waals surface area contributed by atoms with Crippen LogP contribution in [0.1, 0.15) is 32.3 Å². The number of ether oxygens (including phenoxy) is 1. The van der Waals surface area contributed by atoms with Gasteiger partial charge in [0.05, 0.1) is 0 Å². The van der Waals surface area contributed by atoms with Crippen LogP contribution in [0.3, 0.4) is 0 Å². The fourth-order valence-corrected chi connectivity index (χ4v) is 2.85. The summed E-state index contributed by atoms with van der Waals surface area (Å²) in [6.07, 6.45) is 0. The summed E-state index contributed by atoms with van der Waals surface area (Å²) in [4.78, 5) is 12.1. The van der Waals surface area contributed by atoms with Crippen LogP contribution in [0.2, 0.25) is 0 Å². The molecule has 4 heteroatoms. The lowest BCUT2D eigenvalue weighted by atomic mass is 10.0. The van der Waals surface area contributed by atoms with Crippen molar-refractivity contribution >= 4 is 17.7 Å². The molecule has 19 heavy (non-hydrogen) atoms. The van der Waals surface area contributed by atoms with Gasteiger partial charge >= 0.3 is 0 Å². The van der Waals surface area contributed by atoms with E-state index in [2.05, 4.69) is 26.1 Å². The molecule has 0 unspecified atom stereocenters. The average molecular weight is 279 g/mol. The first kappa shape index (κ1) is 14.3. The normalized spacial score (nSPS) is 17.7. The van der Waals surface area contributed by atoms with Crippen molar-refractivity contribution in [3.05, 3.63) is 29.8 Å². The molecule has 0 fully saturated rings. The number of benzene rings is 1. The Morgan fingerprint density at radius 3 is 2.89 bits per heavy atom. The Morgan fingerprint density at radius 1 is 1.42 bits per heavy atom. The largest absolute Gasteiger partial charge is 0.492 e. The van der Waals surface area contributed by atoms with Crippen LogP contribution < -0.4 is 10.1 Å². The van der Waals surface area contributed by atoms with E-state index in [0.717, 1.165) is 17.1 Å². The Hall–Kier alpha value is -1.16. The van der Waals surface area contributed by atoms with Crippen molar-refractivity contribution in [3.63, 3.8) is 0 Å². The number of thioether (sulfide) groups is 1. The topological polar surface area (TPSA) is 38.3 Å². The smallest absolute Gasteiger partial charge is 0.231 e. The first-order valence-corrected chi connectivity index (χ1v) is 7.59. The number of para-hydroxylation sites is 1. The number of rotatable bonds is 4. The average Bonchev–Trinajstić information content (AvgIpc) is 2.77. The molecular weight excluding hydrogens is 258 g/mol. The van der Waals surface area contributed by atoms with Crippen molar-refractivity contribution in [2.75, 3.05) is 18.9 Å². The second kappa shape index (κ2) is 5.87. The number of hydrogen-bond acceptors (Lipinski definition) is 3. The Labute approximate surface area is 119 Å². The number of fused-ring (bicyclic) bond motifs is 1. The molecule has 0 saturated heterocycles. The predicted molar refractivity (Wildman–Crippen MR) is 79.9 cm³/mol. The second-order valence-corrected chi connectivity index (χ2v) is 7.57. The summed E-state index contributed by atoms with van der Waals surface area (Å²) >= 11 is 1.86. The van der Waals surface area contributed by atoms with E-state index >= 15 is 0 Å². The van der Waals surface area contributed by atoms with Crippen LogP contribution in [-0.2, 0) is 4.79 Å². The summed E-state index contributed by atoms with van der Waals surface area (Å²) in [5.41, 5.74) is 1.00. The van der Waals surface area contributed by atoms with Crippen LogP contribution in [0.15, 0.2) is 24.3 Å². The number of amides is 1. The molecule has 1 aliphatic heterocycles. The van der Waals surface area contributed by atoms with Gasteiger partial charge in [-0.1, -0.05) is 39.0 Å². The van der Waals surface area contributed by atoms with Gasteiger partial charge in [-0.2, -0.15) is 11.8 Å². The third kappa shape index (κ3) is 3.90. The van der Waals surface area contributed by atoms with E-state index in [1.165, 1.54) is 0 Å². The van der Waals surface area contributed by atoms with Gasteiger partial charge in [-0.05, 0) is 6.07 Å². The van der Waals surface area contributed by atoms with Crippen molar-refractivity contribution in [2.45, 2.75) is 31.4 Å². The lowest BCUT2D eigenvalue weighted by molar-refractivity contribution is -0.122. The lowest BCUT2D eigenvalue weighted by Crippen LogP contribution is -2.32. The van der Waals surface area contributed by atoms with Gasteiger partial charge in [-0.25, -0.2) is 0 Å². The number of nitrogens with one attached hydrogen (secondary N) is 1. The van der Waals surface area contributed by atoms with Crippen molar-refractivity contribution in [1.29, 1.82) is 0 Å². The third-order valence-electron chi connectivity index (χ3n) is 2.95. The lowest BCUT2D eigenvalue weighted by Gasteiger charge is -2.18. The monoisotopic (exact) mass is 279 g/mol. The van der Waals surface area contributed by atoms with Crippen LogP contribution in [0, 0.1) is 0 Å². The molecule has 1 aliphatic rings. The first-order chi connectivity index (χ1) is 8.97. The fourth-order valence-electron chi connectivity index (χ4n) is 2.03. The minimum absolute atomic E-state index is 0.0689. The van der Waals surface area contributed by atoms with Gasteiger partial charge < -0.3 is 10.1 Å². The molecule has 3 nitrogen and oxygen atoms in total. The molecule has 0 bridgehead atoms. The van der Waals surface area contributed by atoms with Gasteiger partial charge in [0.25, 0.3) is 0 Å². The molecule has 0 aliphatic carbocycles. The maximum absolute atomic E-state index is 12.1. The van der Waals surface area contributed by atoms with E-state index in [1.54, 1.807) is 0 Å². The molecular formula is C15H21NO2S. The molecule has 0 spiro atoms. The summed E-state index contributed by atoms with van der Waals surface area (Å²) in [5.74, 6) is 1.69. The van der Waals surface area contributed by atoms with E-state index in [0.29, 0.717) is 13.2 Å². The van der Waals surface area contributed by atoms with E-state index in [-0.39, 0.29) is 16.6 Å². The molecule has 1 amide bonds. The molecule has 1 heterocycles. The van der Waals surface area contributed by atoms with Crippen molar-refractivity contribution in [3.8, 4) is 5.75 Å². The first-order valence-electron chi connectivity index (χ1n) is 6.61. The quantitative estimate of drug-likeness (QED) is 0.861. The van der Waals surface area contributed by atoms with Gasteiger partial charge in [0.1, 0.15) is 18.3 Å². The van der Waals surface area contributed by atoms with Crippen LogP contribution in [0.4, 0.5) is 0 Å². The van der Waals surface area contributed by atoms with Gasteiger partial charge in [-0.3, -0.25) is 4.79 Å². The maximum Gasteiger partial charge on any atom is 0.231 e. The highest BCUT2D eigenvalue weighted by Crippen LogP contribution is 2.33. The van der Waals surface area contributed by atoms with Crippen molar-refractivity contribution in [2.24, 2.45) is 0 Å². The minimum atomic E-state index is -0.157. The second-order valence-electron chi connectivity index (χ2n) is 5.65. The molecule has 0 aromatic heterocycles.